The number of hydrogen-bond donors (Lipinski definition) is 1. The van der Waals surface area contributed by atoms with E-state index in [0.717, 1.165) is 23.1 Å². The molecule has 3 heteroatoms. The summed E-state index contributed by atoms with van der Waals surface area (Å²) in [5, 5.41) is 4.74. The van der Waals surface area contributed by atoms with Crippen molar-refractivity contribution in [2.75, 3.05) is 13.1 Å². The van der Waals surface area contributed by atoms with E-state index in [-0.39, 0.29) is 0 Å². The van der Waals surface area contributed by atoms with E-state index in [0.29, 0.717) is 5.92 Å². The van der Waals surface area contributed by atoms with E-state index in [4.69, 9.17) is 11.6 Å². The van der Waals surface area contributed by atoms with Crippen LogP contribution >= 0.6 is 11.6 Å². The van der Waals surface area contributed by atoms with Gasteiger partial charge in [0.2, 0.25) is 0 Å². The number of benzene rings is 1. The molecule has 0 amide bonds. The SMILES string of the molecule is Clc1cccc(C2CC(NC3CCN(C4CC4)C3)C2)c1. The number of rotatable bonds is 4. The fourth-order valence-electron chi connectivity index (χ4n) is 3.81. The minimum atomic E-state index is 0.715. The molecule has 2 saturated carbocycles. The van der Waals surface area contributed by atoms with E-state index in [9.17, 15) is 0 Å². The molecule has 2 aliphatic carbocycles. The molecule has 1 unspecified atom stereocenters. The average Bonchev–Trinajstić information content (AvgIpc) is 3.13. The lowest BCUT2D eigenvalue weighted by Crippen LogP contribution is -2.46. The van der Waals surface area contributed by atoms with Gasteiger partial charge >= 0.3 is 0 Å². The van der Waals surface area contributed by atoms with Gasteiger partial charge in [-0.15, -0.1) is 0 Å². The highest BCUT2D eigenvalue weighted by molar-refractivity contribution is 6.30. The minimum Gasteiger partial charge on any atom is -0.310 e. The van der Waals surface area contributed by atoms with Gasteiger partial charge in [0.15, 0.2) is 0 Å². The summed E-state index contributed by atoms with van der Waals surface area (Å²) in [6.07, 6.45) is 6.77. The maximum absolute atomic E-state index is 6.07. The van der Waals surface area contributed by atoms with Crippen molar-refractivity contribution in [3.8, 4) is 0 Å². The van der Waals surface area contributed by atoms with Crippen LogP contribution in [0.3, 0.4) is 0 Å². The molecule has 1 heterocycles. The zero-order valence-electron chi connectivity index (χ0n) is 11.9. The molecule has 1 aromatic rings. The summed E-state index contributed by atoms with van der Waals surface area (Å²) in [6.45, 7) is 2.59. The van der Waals surface area contributed by atoms with Crippen LogP contribution in [0, 0.1) is 0 Å². The summed E-state index contributed by atoms with van der Waals surface area (Å²) in [7, 11) is 0. The van der Waals surface area contributed by atoms with Crippen molar-refractivity contribution < 1.29 is 0 Å². The Morgan fingerprint density at radius 3 is 2.70 bits per heavy atom. The molecule has 4 rings (SSSR count). The lowest BCUT2D eigenvalue weighted by atomic mass is 9.75. The molecule has 1 N–H and O–H groups in total. The van der Waals surface area contributed by atoms with E-state index < -0.39 is 0 Å². The van der Waals surface area contributed by atoms with Gasteiger partial charge in [-0.25, -0.2) is 0 Å². The van der Waals surface area contributed by atoms with Gasteiger partial charge < -0.3 is 5.32 Å². The van der Waals surface area contributed by atoms with Gasteiger partial charge in [0, 0.05) is 36.2 Å². The van der Waals surface area contributed by atoms with Crippen molar-refractivity contribution in [1.29, 1.82) is 0 Å². The summed E-state index contributed by atoms with van der Waals surface area (Å²) in [5.74, 6) is 0.715. The van der Waals surface area contributed by atoms with Gasteiger partial charge in [0.05, 0.1) is 0 Å². The van der Waals surface area contributed by atoms with Gasteiger partial charge in [-0.05, 0) is 55.7 Å². The van der Waals surface area contributed by atoms with Gasteiger partial charge in [0.1, 0.15) is 0 Å². The molecule has 0 spiro atoms. The molecule has 2 nitrogen and oxygen atoms in total. The second kappa shape index (κ2) is 5.32. The van der Waals surface area contributed by atoms with Crippen molar-refractivity contribution in [2.24, 2.45) is 0 Å². The number of nitrogens with zero attached hydrogens (tertiary/aromatic N) is 1. The number of halogens is 1. The number of likely N-dealkylation sites (tertiary alicyclic amines) is 1. The quantitative estimate of drug-likeness (QED) is 0.914. The minimum absolute atomic E-state index is 0.715. The topological polar surface area (TPSA) is 15.3 Å². The summed E-state index contributed by atoms with van der Waals surface area (Å²) >= 11 is 6.07. The van der Waals surface area contributed by atoms with Gasteiger partial charge in [0.25, 0.3) is 0 Å². The lowest BCUT2D eigenvalue weighted by molar-refractivity contribution is 0.255. The first-order valence-corrected chi connectivity index (χ1v) is 8.41. The Bertz CT molecular complexity index is 480. The first-order chi connectivity index (χ1) is 9.78. The van der Waals surface area contributed by atoms with Crippen LogP contribution in [0.25, 0.3) is 0 Å². The molecule has 108 valence electrons. The van der Waals surface area contributed by atoms with Crippen LogP contribution in [0.2, 0.25) is 5.02 Å². The smallest absolute Gasteiger partial charge is 0.0408 e. The van der Waals surface area contributed by atoms with Crippen LogP contribution in [0.1, 0.15) is 43.6 Å². The summed E-state index contributed by atoms with van der Waals surface area (Å²) in [5.41, 5.74) is 1.42. The number of nitrogens with one attached hydrogen (secondary N) is 1. The van der Waals surface area contributed by atoms with E-state index in [1.807, 2.05) is 6.07 Å². The second-order valence-electron chi connectivity index (χ2n) is 6.80. The fraction of sp³-hybridized carbons (Fsp3) is 0.647. The Kier molecular flexibility index (Phi) is 3.49. The number of hydrogen-bond acceptors (Lipinski definition) is 2. The molecule has 1 aromatic carbocycles. The van der Waals surface area contributed by atoms with Gasteiger partial charge in [-0.2, -0.15) is 0 Å². The van der Waals surface area contributed by atoms with Crippen LogP contribution in [0.4, 0.5) is 0 Å². The third-order valence-corrected chi connectivity index (χ3v) is 5.45. The van der Waals surface area contributed by atoms with Crippen LogP contribution in [-0.2, 0) is 0 Å². The normalized spacial score (nSPS) is 34.1. The Labute approximate surface area is 126 Å². The Balaban J connectivity index is 1.25. The summed E-state index contributed by atoms with van der Waals surface area (Å²) < 4.78 is 0. The van der Waals surface area contributed by atoms with Crippen LogP contribution in [-0.4, -0.2) is 36.1 Å². The Hall–Kier alpha value is -0.570. The zero-order valence-corrected chi connectivity index (χ0v) is 12.6. The molecule has 1 atom stereocenters. The molecule has 3 aliphatic rings. The maximum Gasteiger partial charge on any atom is 0.0408 e. The third-order valence-electron chi connectivity index (χ3n) is 5.21. The standard InChI is InChI=1S/C17H23ClN2/c18-14-3-1-2-12(8-14)13-9-16(10-13)19-15-6-7-20(11-15)17-4-5-17/h1-3,8,13,15-17,19H,4-7,9-11H2. The van der Waals surface area contributed by atoms with Crippen LogP contribution in [0.5, 0.6) is 0 Å². The predicted octanol–water partition coefficient (Wildman–Crippen LogP) is 3.41. The van der Waals surface area contributed by atoms with Crippen molar-refractivity contribution in [1.82, 2.24) is 10.2 Å². The lowest BCUT2D eigenvalue weighted by Gasteiger charge is -2.38. The first-order valence-electron chi connectivity index (χ1n) is 8.03. The molecule has 0 radical (unpaired) electrons. The summed E-state index contributed by atoms with van der Waals surface area (Å²) in [6, 6.07) is 10.8. The van der Waals surface area contributed by atoms with Crippen molar-refractivity contribution >= 4 is 11.6 Å². The second-order valence-corrected chi connectivity index (χ2v) is 7.24. The van der Waals surface area contributed by atoms with E-state index in [1.165, 1.54) is 50.8 Å². The molecule has 0 bridgehead atoms. The molecule has 1 saturated heterocycles. The van der Waals surface area contributed by atoms with Crippen molar-refractivity contribution in [3.63, 3.8) is 0 Å². The molecular weight excluding hydrogens is 268 g/mol. The molecule has 1 aliphatic heterocycles. The maximum atomic E-state index is 6.07. The van der Waals surface area contributed by atoms with E-state index >= 15 is 0 Å². The first kappa shape index (κ1) is 13.1. The van der Waals surface area contributed by atoms with Crippen molar-refractivity contribution in [3.05, 3.63) is 34.9 Å². The van der Waals surface area contributed by atoms with E-state index in [2.05, 4.69) is 28.4 Å². The monoisotopic (exact) mass is 290 g/mol. The zero-order chi connectivity index (χ0) is 13.5. The predicted molar refractivity (Wildman–Crippen MR) is 83.4 cm³/mol. The largest absolute Gasteiger partial charge is 0.310 e. The van der Waals surface area contributed by atoms with Crippen LogP contribution < -0.4 is 5.32 Å². The molecule has 3 fully saturated rings. The Morgan fingerprint density at radius 2 is 1.95 bits per heavy atom. The molecule has 20 heavy (non-hydrogen) atoms. The van der Waals surface area contributed by atoms with Gasteiger partial charge in [-0.3, -0.25) is 4.90 Å². The molecular formula is C17H23ClN2. The van der Waals surface area contributed by atoms with E-state index in [1.54, 1.807) is 0 Å². The molecule has 0 aromatic heterocycles. The highest BCUT2D eigenvalue weighted by atomic mass is 35.5. The third kappa shape index (κ3) is 2.74. The highest BCUT2D eigenvalue weighted by Gasteiger charge is 2.37. The van der Waals surface area contributed by atoms with Crippen LogP contribution in [0.15, 0.2) is 24.3 Å². The highest BCUT2D eigenvalue weighted by Crippen LogP contribution is 2.38. The fourth-order valence-corrected chi connectivity index (χ4v) is 4.01. The summed E-state index contributed by atoms with van der Waals surface area (Å²) in [4.78, 5) is 2.69. The average molecular weight is 291 g/mol. The van der Waals surface area contributed by atoms with Gasteiger partial charge in [-0.1, -0.05) is 23.7 Å². The van der Waals surface area contributed by atoms with Crippen molar-refractivity contribution in [2.45, 2.75) is 56.1 Å². The Morgan fingerprint density at radius 1 is 1.10 bits per heavy atom.